The minimum atomic E-state index is 0.568. The maximum absolute atomic E-state index is 5.60. The third-order valence-corrected chi connectivity index (χ3v) is 3.32. The van der Waals surface area contributed by atoms with Gasteiger partial charge in [-0.15, -0.1) is 0 Å². The average Bonchev–Trinajstić information content (AvgIpc) is 2.54. The Balaban J connectivity index is 1.88. The van der Waals surface area contributed by atoms with Crippen molar-refractivity contribution in [2.24, 2.45) is 0 Å². The van der Waals surface area contributed by atoms with E-state index in [1.165, 1.54) is 11.1 Å². The zero-order chi connectivity index (χ0) is 14.9. The van der Waals surface area contributed by atoms with E-state index in [2.05, 4.69) is 36.5 Å². The predicted molar refractivity (Wildman–Crippen MR) is 87.0 cm³/mol. The van der Waals surface area contributed by atoms with E-state index in [0.717, 1.165) is 24.4 Å². The number of rotatable bonds is 8. The summed E-state index contributed by atoms with van der Waals surface area (Å²) in [4.78, 5) is 0. The highest BCUT2D eigenvalue weighted by Gasteiger charge is 1.98. The maximum atomic E-state index is 5.60. The lowest BCUT2D eigenvalue weighted by Gasteiger charge is -2.10. The van der Waals surface area contributed by atoms with Crippen LogP contribution in [-0.4, -0.2) is 20.3 Å². The summed E-state index contributed by atoms with van der Waals surface area (Å²) in [5.74, 6) is 0.860. The fraction of sp³-hybridized carbons (Fsp3) is 0.333. The summed E-state index contributed by atoms with van der Waals surface area (Å²) in [6.07, 6.45) is 1.08. The Morgan fingerprint density at radius 3 is 2.43 bits per heavy atom. The molecule has 0 atom stereocenters. The molecule has 0 aliphatic rings. The Morgan fingerprint density at radius 2 is 1.71 bits per heavy atom. The molecular weight excluding hydrogens is 262 g/mol. The first-order valence-electron chi connectivity index (χ1n) is 7.35. The van der Waals surface area contributed by atoms with Crippen LogP contribution < -0.4 is 10.1 Å². The zero-order valence-electron chi connectivity index (χ0n) is 12.8. The normalized spacial score (nSPS) is 10.4. The van der Waals surface area contributed by atoms with Gasteiger partial charge in [0.05, 0.1) is 6.61 Å². The molecule has 0 radical (unpaired) electrons. The van der Waals surface area contributed by atoms with Crippen molar-refractivity contribution in [2.75, 3.05) is 25.6 Å². The molecule has 1 N–H and O–H groups in total. The van der Waals surface area contributed by atoms with Gasteiger partial charge in [0.2, 0.25) is 0 Å². The lowest BCUT2D eigenvalue weighted by molar-refractivity contribution is 0.146. The Labute approximate surface area is 126 Å². The number of nitrogens with one attached hydrogen (secondary N) is 1. The molecule has 0 aromatic heterocycles. The molecule has 2 aromatic rings. The lowest BCUT2D eigenvalue weighted by Crippen LogP contribution is -2.05. The van der Waals surface area contributed by atoms with E-state index in [1.807, 2.05) is 24.3 Å². The predicted octanol–water partition coefficient (Wildman–Crippen LogP) is 3.89. The van der Waals surface area contributed by atoms with Gasteiger partial charge in [-0.25, -0.2) is 0 Å². The molecule has 2 aromatic carbocycles. The number of hydrogen-bond donors (Lipinski definition) is 1. The Hall–Kier alpha value is -2.00. The topological polar surface area (TPSA) is 30.5 Å². The molecule has 0 amide bonds. The van der Waals surface area contributed by atoms with E-state index in [-0.39, 0.29) is 0 Å². The monoisotopic (exact) mass is 285 g/mol. The van der Waals surface area contributed by atoms with Gasteiger partial charge in [-0.05, 0) is 29.7 Å². The summed E-state index contributed by atoms with van der Waals surface area (Å²) >= 11 is 0. The molecule has 0 aliphatic carbocycles. The number of anilines is 1. The van der Waals surface area contributed by atoms with Crippen molar-refractivity contribution < 1.29 is 9.47 Å². The standard InChI is InChI=1S/C18H23NO2/c1-3-15-7-9-16(10-8-15)14-19-17-5-4-6-18(13-17)21-12-11-20-2/h4-10,13,19H,3,11-12,14H2,1-2H3. The molecule has 3 heteroatoms. The Bertz CT molecular complexity index is 537. The molecule has 21 heavy (non-hydrogen) atoms. The van der Waals surface area contributed by atoms with Gasteiger partial charge in [0.15, 0.2) is 0 Å². The van der Waals surface area contributed by atoms with Gasteiger partial charge < -0.3 is 14.8 Å². The van der Waals surface area contributed by atoms with Crippen molar-refractivity contribution in [1.29, 1.82) is 0 Å². The second kappa shape index (κ2) is 8.32. The van der Waals surface area contributed by atoms with Crippen molar-refractivity contribution in [2.45, 2.75) is 19.9 Å². The first-order valence-corrected chi connectivity index (χ1v) is 7.35. The highest BCUT2D eigenvalue weighted by atomic mass is 16.5. The van der Waals surface area contributed by atoms with Crippen LogP contribution in [0.1, 0.15) is 18.1 Å². The van der Waals surface area contributed by atoms with Crippen molar-refractivity contribution in [1.82, 2.24) is 0 Å². The second-order valence-corrected chi connectivity index (χ2v) is 4.89. The highest BCUT2D eigenvalue weighted by molar-refractivity contribution is 5.48. The minimum Gasteiger partial charge on any atom is -0.491 e. The Morgan fingerprint density at radius 1 is 0.952 bits per heavy atom. The summed E-state index contributed by atoms with van der Waals surface area (Å²) in [5, 5.41) is 3.42. The van der Waals surface area contributed by atoms with Crippen LogP contribution in [0, 0.1) is 0 Å². The van der Waals surface area contributed by atoms with Gasteiger partial charge in [0, 0.05) is 25.4 Å². The van der Waals surface area contributed by atoms with Crippen LogP contribution in [0.2, 0.25) is 0 Å². The number of aryl methyl sites for hydroxylation is 1. The van der Waals surface area contributed by atoms with Gasteiger partial charge in [-0.3, -0.25) is 0 Å². The molecular formula is C18H23NO2. The third kappa shape index (κ3) is 5.12. The molecule has 0 saturated carbocycles. The van der Waals surface area contributed by atoms with E-state index in [9.17, 15) is 0 Å². The summed E-state index contributed by atoms with van der Waals surface area (Å²) in [5.41, 5.74) is 3.70. The van der Waals surface area contributed by atoms with Gasteiger partial charge >= 0.3 is 0 Å². The SMILES string of the molecule is CCc1ccc(CNc2cccc(OCCOC)c2)cc1. The number of hydrogen-bond acceptors (Lipinski definition) is 3. The van der Waals surface area contributed by atoms with E-state index < -0.39 is 0 Å². The van der Waals surface area contributed by atoms with Crippen LogP contribution >= 0.6 is 0 Å². The molecule has 0 saturated heterocycles. The fourth-order valence-corrected chi connectivity index (χ4v) is 2.04. The average molecular weight is 285 g/mol. The molecule has 2 rings (SSSR count). The van der Waals surface area contributed by atoms with Crippen LogP contribution in [0.15, 0.2) is 48.5 Å². The summed E-state index contributed by atoms with van der Waals surface area (Å²) in [6.45, 7) is 4.15. The first-order chi connectivity index (χ1) is 10.3. The largest absolute Gasteiger partial charge is 0.491 e. The van der Waals surface area contributed by atoms with E-state index in [1.54, 1.807) is 7.11 Å². The van der Waals surface area contributed by atoms with Crippen molar-refractivity contribution in [3.05, 3.63) is 59.7 Å². The maximum Gasteiger partial charge on any atom is 0.121 e. The molecule has 0 aliphatic heterocycles. The van der Waals surface area contributed by atoms with Crippen molar-refractivity contribution in [3.63, 3.8) is 0 Å². The number of methoxy groups -OCH3 is 1. The summed E-state index contributed by atoms with van der Waals surface area (Å²) in [6, 6.07) is 16.7. The lowest BCUT2D eigenvalue weighted by atomic mass is 10.1. The molecule has 3 nitrogen and oxygen atoms in total. The van der Waals surface area contributed by atoms with E-state index in [4.69, 9.17) is 9.47 Å². The van der Waals surface area contributed by atoms with Gasteiger partial charge in [-0.2, -0.15) is 0 Å². The molecule has 0 spiro atoms. The number of ether oxygens (including phenoxy) is 2. The third-order valence-electron chi connectivity index (χ3n) is 3.32. The molecule has 0 unspecified atom stereocenters. The van der Waals surface area contributed by atoms with E-state index >= 15 is 0 Å². The van der Waals surface area contributed by atoms with Gasteiger partial charge in [-0.1, -0.05) is 37.3 Å². The quantitative estimate of drug-likeness (QED) is 0.746. The van der Waals surface area contributed by atoms with Crippen LogP contribution in [0.3, 0.4) is 0 Å². The number of benzene rings is 2. The van der Waals surface area contributed by atoms with Crippen LogP contribution in [0.25, 0.3) is 0 Å². The molecule has 0 fully saturated rings. The molecule has 0 bridgehead atoms. The van der Waals surface area contributed by atoms with Crippen molar-refractivity contribution in [3.8, 4) is 5.75 Å². The fourth-order valence-electron chi connectivity index (χ4n) is 2.04. The summed E-state index contributed by atoms with van der Waals surface area (Å²) < 4.78 is 10.6. The first kappa shape index (κ1) is 15.4. The van der Waals surface area contributed by atoms with E-state index in [0.29, 0.717) is 13.2 Å². The minimum absolute atomic E-state index is 0.568. The zero-order valence-corrected chi connectivity index (χ0v) is 12.8. The van der Waals surface area contributed by atoms with Crippen LogP contribution in [-0.2, 0) is 17.7 Å². The molecule has 112 valence electrons. The second-order valence-electron chi connectivity index (χ2n) is 4.89. The van der Waals surface area contributed by atoms with Crippen LogP contribution in [0.5, 0.6) is 5.75 Å². The van der Waals surface area contributed by atoms with Gasteiger partial charge in [0.25, 0.3) is 0 Å². The molecule has 0 heterocycles. The smallest absolute Gasteiger partial charge is 0.121 e. The Kier molecular flexibility index (Phi) is 6.10. The van der Waals surface area contributed by atoms with Crippen LogP contribution in [0.4, 0.5) is 5.69 Å². The van der Waals surface area contributed by atoms with Gasteiger partial charge in [0.1, 0.15) is 12.4 Å². The highest BCUT2D eigenvalue weighted by Crippen LogP contribution is 2.18. The summed E-state index contributed by atoms with van der Waals surface area (Å²) in [7, 11) is 1.67. The van der Waals surface area contributed by atoms with Crippen molar-refractivity contribution >= 4 is 5.69 Å².